The summed E-state index contributed by atoms with van der Waals surface area (Å²) in [5.74, 6) is 1.38. The van der Waals surface area contributed by atoms with Gasteiger partial charge in [-0.05, 0) is 19.4 Å². The van der Waals surface area contributed by atoms with Crippen LogP contribution in [0.15, 0.2) is 43.0 Å². The Morgan fingerprint density at radius 2 is 1.96 bits per heavy atom. The molecule has 1 aromatic carbocycles. The Bertz CT molecular complexity index is 982. The van der Waals surface area contributed by atoms with E-state index in [0.717, 1.165) is 34.0 Å². The third-order valence-electron chi connectivity index (χ3n) is 3.91. The molecule has 2 heterocycles. The monoisotopic (exact) mass is 304 g/mol. The lowest BCUT2D eigenvalue weighted by Gasteiger charge is -2.08. The van der Waals surface area contributed by atoms with Gasteiger partial charge in [-0.15, -0.1) is 0 Å². The Morgan fingerprint density at radius 1 is 1.22 bits per heavy atom. The molecule has 4 heteroatoms. The molecule has 0 amide bonds. The van der Waals surface area contributed by atoms with Crippen molar-refractivity contribution in [3.05, 3.63) is 64.9 Å². The summed E-state index contributed by atoms with van der Waals surface area (Å²) in [7, 11) is 0. The van der Waals surface area contributed by atoms with Gasteiger partial charge in [-0.3, -0.25) is 0 Å². The summed E-state index contributed by atoms with van der Waals surface area (Å²) in [6.07, 6.45) is 5.70. The summed E-state index contributed by atoms with van der Waals surface area (Å²) in [5, 5.41) is 1.85. The number of nitrogens with two attached hydrogens (primary N) is 1. The van der Waals surface area contributed by atoms with Gasteiger partial charge >= 0.3 is 0 Å². The van der Waals surface area contributed by atoms with Crippen molar-refractivity contribution in [2.24, 2.45) is 0 Å². The van der Waals surface area contributed by atoms with Crippen molar-refractivity contribution in [1.29, 1.82) is 0 Å². The number of hydrogen-bond donors (Lipinski definition) is 1. The van der Waals surface area contributed by atoms with Crippen LogP contribution in [0, 0.1) is 6.92 Å². The maximum absolute atomic E-state index is 6.13. The third-order valence-corrected chi connectivity index (χ3v) is 3.91. The number of rotatable bonds is 3. The number of aromatic nitrogens is 3. The van der Waals surface area contributed by atoms with Crippen LogP contribution in [0.25, 0.3) is 23.2 Å². The van der Waals surface area contributed by atoms with Crippen molar-refractivity contribution in [3.63, 3.8) is 0 Å². The second-order valence-corrected chi connectivity index (χ2v) is 5.41. The number of anilines is 1. The standard InChI is InChI=1S/C19H20N4/c1-4-9-15-16(5-2)22-19(20)17-18(15)23(13(3)21-17)12-14-10-7-6-8-11-14/h4-11H,1,12H2,2-3H3,(H2,20,22)/b15-9+,16-5+. The molecular formula is C19H20N4. The van der Waals surface area contributed by atoms with Crippen molar-refractivity contribution in [1.82, 2.24) is 14.5 Å². The highest BCUT2D eigenvalue weighted by Crippen LogP contribution is 2.17. The molecule has 0 saturated carbocycles. The predicted molar refractivity (Wildman–Crippen MR) is 96.3 cm³/mol. The Balaban J connectivity index is 2.38. The minimum atomic E-state index is 0.462. The molecule has 4 nitrogen and oxygen atoms in total. The van der Waals surface area contributed by atoms with E-state index in [1.807, 2.05) is 44.2 Å². The topological polar surface area (TPSA) is 56.7 Å². The Morgan fingerprint density at radius 3 is 2.61 bits per heavy atom. The maximum Gasteiger partial charge on any atom is 0.152 e. The first-order valence-electron chi connectivity index (χ1n) is 7.61. The number of aryl methyl sites for hydroxylation is 1. The number of benzene rings is 1. The van der Waals surface area contributed by atoms with Crippen LogP contribution in [0.5, 0.6) is 0 Å². The largest absolute Gasteiger partial charge is 0.382 e. The zero-order valence-corrected chi connectivity index (χ0v) is 13.5. The number of hydrogen-bond acceptors (Lipinski definition) is 3. The summed E-state index contributed by atoms with van der Waals surface area (Å²) >= 11 is 0. The smallest absolute Gasteiger partial charge is 0.152 e. The highest BCUT2D eigenvalue weighted by molar-refractivity contribution is 5.86. The summed E-state index contributed by atoms with van der Waals surface area (Å²) in [4.78, 5) is 9.10. The van der Waals surface area contributed by atoms with E-state index < -0.39 is 0 Å². The van der Waals surface area contributed by atoms with Crippen LogP contribution in [0.2, 0.25) is 0 Å². The zero-order chi connectivity index (χ0) is 16.4. The van der Waals surface area contributed by atoms with Crippen LogP contribution in [-0.2, 0) is 6.54 Å². The lowest BCUT2D eigenvalue weighted by Crippen LogP contribution is -2.31. The van der Waals surface area contributed by atoms with Gasteiger partial charge in [0.2, 0.25) is 0 Å². The molecule has 3 aromatic rings. The van der Waals surface area contributed by atoms with Gasteiger partial charge in [-0.25, -0.2) is 9.97 Å². The fraction of sp³-hybridized carbons (Fsp3) is 0.158. The Kier molecular flexibility index (Phi) is 3.98. The molecule has 2 aromatic heterocycles. The molecule has 0 aliphatic carbocycles. The van der Waals surface area contributed by atoms with E-state index in [0.29, 0.717) is 5.82 Å². The average Bonchev–Trinajstić information content (AvgIpc) is 2.88. The predicted octanol–water partition coefficient (Wildman–Crippen LogP) is 2.14. The number of allylic oxidation sites excluding steroid dienone is 1. The first-order chi connectivity index (χ1) is 11.2. The summed E-state index contributed by atoms with van der Waals surface area (Å²) < 4.78 is 2.19. The number of pyridine rings is 1. The second-order valence-electron chi connectivity index (χ2n) is 5.41. The summed E-state index contributed by atoms with van der Waals surface area (Å²) in [6.45, 7) is 8.52. The molecular weight excluding hydrogens is 284 g/mol. The van der Waals surface area contributed by atoms with E-state index in [9.17, 15) is 0 Å². The SMILES string of the molecule is C=C/C=c1\c(=C/C)nc(N)c2nc(C)n(Cc3ccccc3)c12. The minimum absolute atomic E-state index is 0.462. The molecule has 0 radical (unpaired) electrons. The van der Waals surface area contributed by atoms with Gasteiger partial charge < -0.3 is 10.3 Å². The molecule has 0 spiro atoms. The van der Waals surface area contributed by atoms with E-state index in [1.165, 1.54) is 5.56 Å². The van der Waals surface area contributed by atoms with Gasteiger partial charge in [0.25, 0.3) is 0 Å². The third kappa shape index (κ3) is 2.63. The molecule has 0 saturated heterocycles. The van der Waals surface area contributed by atoms with E-state index in [1.54, 1.807) is 6.08 Å². The quantitative estimate of drug-likeness (QED) is 0.806. The molecule has 0 bridgehead atoms. The number of fused-ring (bicyclic) bond motifs is 1. The lowest BCUT2D eigenvalue weighted by atomic mass is 10.2. The van der Waals surface area contributed by atoms with E-state index >= 15 is 0 Å². The van der Waals surface area contributed by atoms with Crippen LogP contribution in [-0.4, -0.2) is 14.5 Å². The van der Waals surface area contributed by atoms with Crippen LogP contribution in [0.1, 0.15) is 18.3 Å². The number of nitrogens with zero attached hydrogens (tertiary/aromatic N) is 3. The van der Waals surface area contributed by atoms with Gasteiger partial charge in [-0.1, -0.05) is 55.1 Å². The Labute approximate surface area is 135 Å². The summed E-state index contributed by atoms with van der Waals surface area (Å²) in [5.41, 5.74) is 9.10. The fourth-order valence-electron chi connectivity index (χ4n) is 2.84. The van der Waals surface area contributed by atoms with Gasteiger partial charge in [0.1, 0.15) is 11.3 Å². The van der Waals surface area contributed by atoms with Crippen LogP contribution >= 0.6 is 0 Å². The van der Waals surface area contributed by atoms with Crippen molar-refractivity contribution in [2.45, 2.75) is 20.4 Å². The van der Waals surface area contributed by atoms with Crippen LogP contribution in [0.4, 0.5) is 5.82 Å². The second kappa shape index (κ2) is 6.08. The van der Waals surface area contributed by atoms with Crippen molar-refractivity contribution in [3.8, 4) is 0 Å². The molecule has 116 valence electrons. The molecule has 3 rings (SSSR count). The Hall–Kier alpha value is -2.88. The molecule has 0 fully saturated rings. The summed E-state index contributed by atoms with van der Waals surface area (Å²) in [6, 6.07) is 10.3. The molecule has 0 atom stereocenters. The van der Waals surface area contributed by atoms with E-state index in [-0.39, 0.29) is 0 Å². The minimum Gasteiger partial charge on any atom is -0.382 e. The van der Waals surface area contributed by atoms with Gasteiger partial charge in [0, 0.05) is 11.8 Å². The normalized spacial score (nSPS) is 13.0. The fourth-order valence-corrected chi connectivity index (χ4v) is 2.84. The van der Waals surface area contributed by atoms with Gasteiger partial charge in [-0.2, -0.15) is 0 Å². The number of nitrogen functional groups attached to an aromatic ring is 1. The highest BCUT2D eigenvalue weighted by Gasteiger charge is 2.13. The average molecular weight is 304 g/mol. The maximum atomic E-state index is 6.13. The molecule has 23 heavy (non-hydrogen) atoms. The lowest BCUT2D eigenvalue weighted by molar-refractivity contribution is 0.784. The van der Waals surface area contributed by atoms with Crippen LogP contribution in [0.3, 0.4) is 0 Å². The first kappa shape index (κ1) is 15.0. The highest BCUT2D eigenvalue weighted by atomic mass is 15.1. The molecule has 0 unspecified atom stereocenters. The molecule has 0 aliphatic rings. The van der Waals surface area contributed by atoms with Crippen molar-refractivity contribution >= 4 is 29.0 Å². The van der Waals surface area contributed by atoms with Crippen molar-refractivity contribution in [2.75, 3.05) is 5.73 Å². The first-order valence-corrected chi connectivity index (χ1v) is 7.61. The zero-order valence-electron chi connectivity index (χ0n) is 13.5. The molecule has 2 N–H and O–H groups in total. The van der Waals surface area contributed by atoms with E-state index in [2.05, 4.69) is 33.2 Å². The van der Waals surface area contributed by atoms with E-state index in [4.69, 9.17) is 5.73 Å². The van der Waals surface area contributed by atoms with Crippen LogP contribution < -0.4 is 16.3 Å². The van der Waals surface area contributed by atoms with Gasteiger partial charge in [0.05, 0.1) is 10.9 Å². The molecule has 0 aliphatic heterocycles. The van der Waals surface area contributed by atoms with Crippen molar-refractivity contribution < 1.29 is 0 Å². The van der Waals surface area contributed by atoms with Gasteiger partial charge in [0.15, 0.2) is 5.82 Å². The number of imidazole rings is 1.